The second kappa shape index (κ2) is 6.40. The predicted octanol–water partition coefficient (Wildman–Crippen LogP) is 1.76. The standard InChI is InChI=1S/C12H21N3/c1-4-11(8-13-2)10-15(3)12-6-5-7-14-9-12/h5-7,9,11,13H,4,8,10H2,1-3H3. The maximum Gasteiger partial charge on any atom is 0.0550 e. The Morgan fingerprint density at radius 3 is 2.87 bits per heavy atom. The van der Waals surface area contributed by atoms with Gasteiger partial charge in [-0.1, -0.05) is 13.3 Å². The molecule has 3 nitrogen and oxygen atoms in total. The topological polar surface area (TPSA) is 28.2 Å². The molecule has 1 aromatic heterocycles. The highest BCUT2D eigenvalue weighted by Gasteiger charge is 2.09. The number of nitrogens with zero attached hydrogens (tertiary/aromatic N) is 2. The molecule has 0 saturated heterocycles. The van der Waals surface area contributed by atoms with E-state index in [1.54, 1.807) is 0 Å². The van der Waals surface area contributed by atoms with Gasteiger partial charge in [-0.25, -0.2) is 0 Å². The first-order valence-electron chi connectivity index (χ1n) is 5.53. The molecule has 0 saturated carbocycles. The van der Waals surface area contributed by atoms with Gasteiger partial charge in [0.05, 0.1) is 11.9 Å². The van der Waals surface area contributed by atoms with Crippen molar-refractivity contribution in [3.8, 4) is 0 Å². The van der Waals surface area contributed by atoms with Gasteiger partial charge in [0.25, 0.3) is 0 Å². The summed E-state index contributed by atoms with van der Waals surface area (Å²) in [6.07, 6.45) is 4.92. The molecule has 1 rings (SSSR count). The van der Waals surface area contributed by atoms with Crippen molar-refractivity contribution in [3.05, 3.63) is 24.5 Å². The third kappa shape index (κ3) is 3.88. The first kappa shape index (κ1) is 12.0. The Hall–Kier alpha value is -1.09. The lowest BCUT2D eigenvalue weighted by Crippen LogP contribution is -2.31. The van der Waals surface area contributed by atoms with Gasteiger partial charge in [0.2, 0.25) is 0 Å². The minimum absolute atomic E-state index is 0.695. The highest BCUT2D eigenvalue weighted by atomic mass is 15.1. The summed E-state index contributed by atoms with van der Waals surface area (Å²) < 4.78 is 0. The van der Waals surface area contributed by atoms with Crippen LogP contribution in [0.5, 0.6) is 0 Å². The fraction of sp³-hybridized carbons (Fsp3) is 0.583. The van der Waals surface area contributed by atoms with Crippen LogP contribution in [0.1, 0.15) is 13.3 Å². The third-order valence-electron chi connectivity index (χ3n) is 2.69. The first-order valence-corrected chi connectivity index (χ1v) is 5.53. The Morgan fingerprint density at radius 2 is 2.33 bits per heavy atom. The minimum Gasteiger partial charge on any atom is -0.373 e. The van der Waals surface area contributed by atoms with Crippen LogP contribution in [-0.2, 0) is 0 Å². The van der Waals surface area contributed by atoms with Gasteiger partial charge < -0.3 is 10.2 Å². The van der Waals surface area contributed by atoms with E-state index in [1.807, 2.05) is 25.5 Å². The van der Waals surface area contributed by atoms with E-state index in [2.05, 4.69) is 35.2 Å². The molecule has 1 unspecified atom stereocenters. The van der Waals surface area contributed by atoms with Crippen LogP contribution in [0.4, 0.5) is 5.69 Å². The first-order chi connectivity index (χ1) is 7.27. The van der Waals surface area contributed by atoms with Crippen LogP contribution in [-0.4, -0.2) is 32.2 Å². The van der Waals surface area contributed by atoms with Crippen molar-refractivity contribution >= 4 is 5.69 Å². The Bertz CT molecular complexity index is 261. The monoisotopic (exact) mass is 207 g/mol. The molecule has 1 heterocycles. The van der Waals surface area contributed by atoms with E-state index in [1.165, 1.54) is 12.1 Å². The predicted molar refractivity (Wildman–Crippen MR) is 65.2 cm³/mol. The molecule has 0 spiro atoms. The van der Waals surface area contributed by atoms with Crippen molar-refractivity contribution in [1.82, 2.24) is 10.3 Å². The summed E-state index contributed by atoms with van der Waals surface area (Å²) in [6.45, 7) is 4.38. The van der Waals surface area contributed by atoms with Gasteiger partial charge in [-0.2, -0.15) is 0 Å². The van der Waals surface area contributed by atoms with Gasteiger partial charge in [0.1, 0.15) is 0 Å². The fourth-order valence-corrected chi connectivity index (χ4v) is 1.70. The van der Waals surface area contributed by atoms with Gasteiger partial charge >= 0.3 is 0 Å². The molecule has 1 atom stereocenters. The fourth-order valence-electron chi connectivity index (χ4n) is 1.70. The lowest BCUT2D eigenvalue weighted by molar-refractivity contribution is 0.484. The number of pyridine rings is 1. The van der Waals surface area contributed by atoms with Crippen LogP contribution in [0.15, 0.2) is 24.5 Å². The van der Waals surface area contributed by atoms with Crippen molar-refractivity contribution in [2.24, 2.45) is 5.92 Å². The number of aromatic nitrogens is 1. The number of rotatable bonds is 6. The van der Waals surface area contributed by atoms with Gasteiger partial charge in [-0.15, -0.1) is 0 Å². The molecule has 0 aliphatic heterocycles. The largest absolute Gasteiger partial charge is 0.373 e. The van der Waals surface area contributed by atoms with Crippen LogP contribution in [0, 0.1) is 5.92 Å². The van der Waals surface area contributed by atoms with Crippen molar-refractivity contribution < 1.29 is 0 Å². The maximum atomic E-state index is 4.13. The average Bonchev–Trinajstić information content (AvgIpc) is 2.29. The quantitative estimate of drug-likeness (QED) is 0.770. The lowest BCUT2D eigenvalue weighted by atomic mass is 10.1. The van der Waals surface area contributed by atoms with Gasteiger partial charge in [0.15, 0.2) is 0 Å². The Balaban J connectivity index is 2.50. The van der Waals surface area contributed by atoms with E-state index >= 15 is 0 Å². The molecule has 0 amide bonds. The maximum absolute atomic E-state index is 4.13. The molecule has 0 bridgehead atoms. The Labute approximate surface area is 92.5 Å². The van der Waals surface area contributed by atoms with E-state index in [0.717, 1.165) is 13.1 Å². The molecular formula is C12H21N3. The summed E-state index contributed by atoms with van der Waals surface area (Å²) >= 11 is 0. The van der Waals surface area contributed by atoms with E-state index < -0.39 is 0 Å². The van der Waals surface area contributed by atoms with Crippen molar-refractivity contribution in [2.75, 3.05) is 32.1 Å². The summed E-state index contributed by atoms with van der Waals surface area (Å²) in [5, 5.41) is 3.23. The molecular weight excluding hydrogens is 186 g/mol. The van der Waals surface area contributed by atoms with E-state index in [0.29, 0.717) is 5.92 Å². The summed E-state index contributed by atoms with van der Waals surface area (Å²) in [7, 11) is 4.13. The van der Waals surface area contributed by atoms with Gasteiger partial charge in [0, 0.05) is 19.8 Å². The van der Waals surface area contributed by atoms with E-state index in [-0.39, 0.29) is 0 Å². The summed E-state index contributed by atoms with van der Waals surface area (Å²) in [5.74, 6) is 0.695. The molecule has 84 valence electrons. The van der Waals surface area contributed by atoms with Crippen LogP contribution in [0.2, 0.25) is 0 Å². The summed E-state index contributed by atoms with van der Waals surface area (Å²) in [6, 6.07) is 4.07. The second-order valence-corrected chi connectivity index (χ2v) is 3.92. The van der Waals surface area contributed by atoms with Gasteiger partial charge in [-0.05, 0) is 31.6 Å². The van der Waals surface area contributed by atoms with Crippen molar-refractivity contribution in [3.63, 3.8) is 0 Å². The highest BCUT2D eigenvalue weighted by molar-refractivity contribution is 5.42. The normalized spacial score (nSPS) is 12.5. The van der Waals surface area contributed by atoms with Crippen LogP contribution in [0.3, 0.4) is 0 Å². The minimum atomic E-state index is 0.695. The van der Waals surface area contributed by atoms with E-state index in [4.69, 9.17) is 0 Å². The highest BCUT2D eigenvalue weighted by Crippen LogP contribution is 2.12. The smallest absolute Gasteiger partial charge is 0.0550 e. The number of hydrogen-bond donors (Lipinski definition) is 1. The zero-order chi connectivity index (χ0) is 11.1. The lowest BCUT2D eigenvalue weighted by Gasteiger charge is -2.24. The van der Waals surface area contributed by atoms with Crippen molar-refractivity contribution in [2.45, 2.75) is 13.3 Å². The second-order valence-electron chi connectivity index (χ2n) is 3.92. The molecule has 15 heavy (non-hydrogen) atoms. The third-order valence-corrected chi connectivity index (χ3v) is 2.69. The molecule has 0 aliphatic carbocycles. The number of anilines is 1. The Kier molecular flexibility index (Phi) is 5.12. The van der Waals surface area contributed by atoms with Crippen LogP contribution >= 0.6 is 0 Å². The Morgan fingerprint density at radius 1 is 1.53 bits per heavy atom. The zero-order valence-corrected chi connectivity index (χ0v) is 9.90. The molecule has 0 radical (unpaired) electrons. The van der Waals surface area contributed by atoms with Gasteiger partial charge in [-0.3, -0.25) is 4.98 Å². The number of hydrogen-bond acceptors (Lipinski definition) is 3. The molecule has 3 heteroatoms. The molecule has 0 aromatic carbocycles. The van der Waals surface area contributed by atoms with E-state index in [9.17, 15) is 0 Å². The molecule has 1 aromatic rings. The SMILES string of the molecule is CCC(CNC)CN(C)c1cccnc1. The number of nitrogens with one attached hydrogen (secondary N) is 1. The van der Waals surface area contributed by atoms with Crippen LogP contribution < -0.4 is 10.2 Å². The summed E-state index contributed by atoms with van der Waals surface area (Å²) in [5.41, 5.74) is 1.19. The molecule has 0 fully saturated rings. The molecule has 1 N–H and O–H groups in total. The summed E-state index contributed by atoms with van der Waals surface area (Å²) in [4.78, 5) is 6.39. The average molecular weight is 207 g/mol. The van der Waals surface area contributed by atoms with Crippen molar-refractivity contribution in [1.29, 1.82) is 0 Å². The van der Waals surface area contributed by atoms with Crippen LogP contribution in [0.25, 0.3) is 0 Å². The zero-order valence-electron chi connectivity index (χ0n) is 9.90. The molecule has 0 aliphatic rings.